The zero-order valence-electron chi connectivity index (χ0n) is 13.8. The van der Waals surface area contributed by atoms with Crippen molar-refractivity contribution in [1.82, 2.24) is 5.32 Å². The quantitative estimate of drug-likeness (QED) is 0.724. The van der Waals surface area contributed by atoms with Crippen molar-refractivity contribution in [3.63, 3.8) is 0 Å². The summed E-state index contributed by atoms with van der Waals surface area (Å²) in [7, 11) is 0. The fraction of sp³-hybridized carbons (Fsp3) is 0.278. The lowest BCUT2D eigenvalue weighted by Crippen LogP contribution is -2.23. The normalized spacial score (nSPS) is 12.1. The van der Waals surface area contributed by atoms with Gasteiger partial charge in [0.05, 0.1) is 12.2 Å². The summed E-state index contributed by atoms with van der Waals surface area (Å²) < 4.78 is 78.5. The number of benzene rings is 2. The summed E-state index contributed by atoms with van der Waals surface area (Å²) in [6.07, 6.45) is -8.94. The van der Waals surface area contributed by atoms with Crippen LogP contribution in [-0.4, -0.2) is 18.7 Å². The van der Waals surface area contributed by atoms with Crippen LogP contribution in [0.5, 0.6) is 0 Å². The van der Waals surface area contributed by atoms with Gasteiger partial charge in [-0.15, -0.1) is 0 Å². The lowest BCUT2D eigenvalue weighted by atomic mass is 10.1. The van der Waals surface area contributed by atoms with E-state index in [-0.39, 0.29) is 18.7 Å². The van der Waals surface area contributed by atoms with Gasteiger partial charge in [-0.3, -0.25) is 4.79 Å². The Morgan fingerprint density at radius 3 is 2.15 bits per heavy atom. The van der Waals surface area contributed by atoms with Crippen molar-refractivity contribution in [3.8, 4) is 0 Å². The first-order valence-corrected chi connectivity index (χ1v) is 7.72. The number of hydrogen-bond donors (Lipinski definition) is 1. The molecule has 0 aliphatic heterocycles. The molecule has 3 nitrogen and oxygen atoms in total. The number of hydrogen-bond acceptors (Lipinski definition) is 2. The van der Waals surface area contributed by atoms with Crippen molar-refractivity contribution in [2.75, 3.05) is 6.61 Å². The molecule has 0 fully saturated rings. The van der Waals surface area contributed by atoms with Crippen molar-refractivity contribution in [2.45, 2.75) is 25.5 Å². The lowest BCUT2D eigenvalue weighted by Gasteiger charge is -2.10. The van der Waals surface area contributed by atoms with E-state index < -0.39 is 30.4 Å². The Balaban J connectivity index is 1.88. The molecule has 1 amide bonds. The molecule has 0 saturated heterocycles. The predicted octanol–water partition coefficient (Wildman–Crippen LogP) is 4.71. The number of carbonyl (C=O) groups is 1. The van der Waals surface area contributed by atoms with Gasteiger partial charge in [-0.1, -0.05) is 30.3 Å². The van der Waals surface area contributed by atoms with E-state index in [1.807, 2.05) is 0 Å². The van der Waals surface area contributed by atoms with Gasteiger partial charge in [-0.25, -0.2) is 0 Å². The van der Waals surface area contributed by atoms with E-state index in [1.54, 1.807) is 24.3 Å². The van der Waals surface area contributed by atoms with Crippen molar-refractivity contribution < 1.29 is 35.9 Å². The lowest BCUT2D eigenvalue weighted by molar-refractivity contribution is -0.176. The van der Waals surface area contributed by atoms with Crippen LogP contribution < -0.4 is 5.32 Å². The van der Waals surface area contributed by atoms with Gasteiger partial charge in [0.15, 0.2) is 0 Å². The molecule has 0 atom stereocenters. The third kappa shape index (κ3) is 6.93. The second-order valence-electron chi connectivity index (χ2n) is 5.69. The number of carbonyl (C=O) groups excluding carboxylic acids is 1. The number of ether oxygens (including phenoxy) is 1. The van der Waals surface area contributed by atoms with Crippen molar-refractivity contribution in [3.05, 3.63) is 70.8 Å². The zero-order chi connectivity index (χ0) is 20.1. The van der Waals surface area contributed by atoms with Crippen molar-refractivity contribution >= 4 is 5.91 Å². The Bertz CT molecular complexity index is 769. The van der Waals surface area contributed by atoms with Crippen LogP contribution >= 0.6 is 0 Å². The van der Waals surface area contributed by atoms with Gasteiger partial charge in [-0.05, 0) is 29.3 Å². The molecule has 146 valence electrons. The van der Waals surface area contributed by atoms with Crippen LogP contribution in [0.25, 0.3) is 0 Å². The molecule has 0 saturated carbocycles. The Morgan fingerprint density at radius 1 is 0.926 bits per heavy atom. The average molecular weight is 391 g/mol. The molecular weight excluding hydrogens is 376 g/mol. The van der Waals surface area contributed by atoms with E-state index in [2.05, 4.69) is 10.1 Å². The molecule has 1 N–H and O–H groups in total. The molecule has 2 aromatic carbocycles. The summed E-state index contributed by atoms with van der Waals surface area (Å²) in [6, 6.07) is 10.3. The second-order valence-corrected chi connectivity index (χ2v) is 5.69. The second kappa shape index (κ2) is 8.43. The molecule has 0 radical (unpaired) electrons. The van der Waals surface area contributed by atoms with E-state index in [0.717, 1.165) is 18.2 Å². The fourth-order valence-electron chi connectivity index (χ4n) is 2.16. The van der Waals surface area contributed by atoms with Crippen LogP contribution in [0.3, 0.4) is 0 Å². The highest BCUT2D eigenvalue weighted by Crippen LogP contribution is 2.29. The number of nitrogens with one attached hydrogen (secondary N) is 1. The maximum absolute atomic E-state index is 12.7. The third-order valence-corrected chi connectivity index (χ3v) is 3.46. The molecule has 0 aliphatic carbocycles. The fourth-order valence-corrected chi connectivity index (χ4v) is 2.16. The highest BCUT2D eigenvalue weighted by Gasteiger charge is 2.31. The van der Waals surface area contributed by atoms with Crippen LogP contribution in [0.4, 0.5) is 26.3 Å². The Hall–Kier alpha value is -2.55. The topological polar surface area (TPSA) is 38.3 Å². The minimum Gasteiger partial charge on any atom is -0.367 e. The van der Waals surface area contributed by atoms with E-state index in [0.29, 0.717) is 11.1 Å². The van der Waals surface area contributed by atoms with Gasteiger partial charge in [0.1, 0.15) is 6.61 Å². The highest BCUT2D eigenvalue weighted by atomic mass is 19.4. The summed E-state index contributed by atoms with van der Waals surface area (Å²) in [5.74, 6) is -0.668. The van der Waals surface area contributed by atoms with Crippen LogP contribution in [0.15, 0.2) is 48.5 Å². The molecule has 27 heavy (non-hydrogen) atoms. The maximum atomic E-state index is 12.7. The number of alkyl halides is 6. The van der Waals surface area contributed by atoms with E-state index in [1.165, 1.54) is 6.07 Å². The smallest absolute Gasteiger partial charge is 0.367 e. The zero-order valence-corrected chi connectivity index (χ0v) is 13.8. The van der Waals surface area contributed by atoms with E-state index >= 15 is 0 Å². The Labute approximate surface area is 150 Å². The molecule has 0 heterocycles. The van der Waals surface area contributed by atoms with Gasteiger partial charge in [0.25, 0.3) is 5.91 Å². The monoisotopic (exact) mass is 391 g/mol. The summed E-state index contributed by atoms with van der Waals surface area (Å²) in [4.78, 5) is 12.0. The summed E-state index contributed by atoms with van der Waals surface area (Å²) in [5, 5.41) is 2.49. The number of halogens is 6. The first-order chi connectivity index (χ1) is 12.5. The summed E-state index contributed by atoms with van der Waals surface area (Å²) in [6.45, 7) is -1.50. The predicted molar refractivity (Wildman–Crippen MR) is 84.8 cm³/mol. The van der Waals surface area contributed by atoms with Crippen LogP contribution in [-0.2, 0) is 24.1 Å². The maximum Gasteiger partial charge on any atom is 0.416 e. The van der Waals surface area contributed by atoms with E-state index in [4.69, 9.17) is 0 Å². The third-order valence-electron chi connectivity index (χ3n) is 3.46. The van der Waals surface area contributed by atoms with Crippen LogP contribution in [0, 0.1) is 0 Å². The first kappa shape index (κ1) is 20.8. The summed E-state index contributed by atoms with van der Waals surface area (Å²) >= 11 is 0. The van der Waals surface area contributed by atoms with Crippen molar-refractivity contribution in [2.24, 2.45) is 0 Å². The Morgan fingerprint density at radius 2 is 1.56 bits per heavy atom. The van der Waals surface area contributed by atoms with Gasteiger partial charge >= 0.3 is 12.4 Å². The number of amides is 1. The van der Waals surface area contributed by atoms with Gasteiger partial charge in [0.2, 0.25) is 0 Å². The Kier molecular flexibility index (Phi) is 6.48. The minimum atomic E-state index is -4.54. The highest BCUT2D eigenvalue weighted by molar-refractivity contribution is 5.94. The van der Waals surface area contributed by atoms with Gasteiger partial charge in [-0.2, -0.15) is 26.3 Å². The molecule has 2 rings (SSSR count). The molecule has 0 bridgehead atoms. The standard InChI is InChI=1S/C18H15F6NO2/c19-17(20,21)11-27-10-13-6-4-12(5-7-13)9-25-16(26)14-2-1-3-15(8-14)18(22,23)24/h1-8H,9-11H2,(H,25,26). The largest absolute Gasteiger partial charge is 0.416 e. The molecule has 0 aromatic heterocycles. The minimum absolute atomic E-state index is 0.0543. The molecule has 0 aliphatic rings. The van der Waals surface area contributed by atoms with Crippen LogP contribution in [0.1, 0.15) is 27.0 Å². The van der Waals surface area contributed by atoms with Gasteiger partial charge in [0, 0.05) is 12.1 Å². The molecule has 2 aromatic rings. The van der Waals surface area contributed by atoms with E-state index in [9.17, 15) is 31.1 Å². The molecule has 0 spiro atoms. The average Bonchev–Trinajstić information content (AvgIpc) is 2.59. The van der Waals surface area contributed by atoms with Crippen molar-refractivity contribution in [1.29, 1.82) is 0 Å². The molecule has 9 heteroatoms. The number of rotatable bonds is 6. The first-order valence-electron chi connectivity index (χ1n) is 7.72. The SMILES string of the molecule is O=C(NCc1ccc(COCC(F)(F)F)cc1)c1cccc(C(F)(F)F)c1. The summed E-state index contributed by atoms with van der Waals surface area (Å²) in [5.41, 5.74) is 0.113. The molecular formula is C18H15F6NO2. The van der Waals surface area contributed by atoms with Crippen LogP contribution in [0.2, 0.25) is 0 Å². The van der Waals surface area contributed by atoms with Gasteiger partial charge < -0.3 is 10.1 Å². The molecule has 0 unspecified atom stereocenters.